The van der Waals surface area contributed by atoms with Gasteiger partial charge in [-0.05, 0) is 74.1 Å². The molecule has 2 aromatic carbocycles. The summed E-state index contributed by atoms with van der Waals surface area (Å²) in [6.07, 6.45) is 2.86. The summed E-state index contributed by atoms with van der Waals surface area (Å²) in [6, 6.07) is 10.4. The zero-order chi connectivity index (χ0) is 22.9. The Bertz CT molecular complexity index is 1090. The Morgan fingerprint density at radius 2 is 1.66 bits per heavy atom. The van der Waals surface area contributed by atoms with Crippen LogP contribution in [0.3, 0.4) is 0 Å². The third-order valence-electron chi connectivity index (χ3n) is 6.54. The molecule has 1 fully saturated rings. The quantitative estimate of drug-likeness (QED) is 0.687. The number of methoxy groups -OCH3 is 2. The predicted molar refractivity (Wildman–Crippen MR) is 123 cm³/mol. The van der Waals surface area contributed by atoms with Gasteiger partial charge in [-0.1, -0.05) is 6.07 Å². The van der Waals surface area contributed by atoms with E-state index < -0.39 is 10.0 Å². The lowest BCUT2D eigenvalue weighted by atomic mass is 9.92. The molecule has 8 heteroatoms. The van der Waals surface area contributed by atoms with Gasteiger partial charge in [-0.25, -0.2) is 8.42 Å². The summed E-state index contributed by atoms with van der Waals surface area (Å²) < 4.78 is 38.2. The lowest BCUT2D eigenvalue weighted by molar-refractivity contribution is -0.123. The van der Waals surface area contributed by atoms with E-state index in [0.717, 1.165) is 24.3 Å². The molecule has 0 bridgehead atoms. The van der Waals surface area contributed by atoms with Crippen LogP contribution in [0.4, 0.5) is 5.69 Å². The number of benzene rings is 2. The van der Waals surface area contributed by atoms with E-state index in [1.807, 2.05) is 17.0 Å². The highest BCUT2D eigenvalue weighted by molar-refractivity contribution is 7.89. The van der Waals surface area contributed by atoms with Crippen molar-refractivity contribution in [2.45, 2.75) is 37.5 Å². The maximum absolute atomic E-state index is 13.5. The lowest BCUT2D eigenvalue weighted by Gasteiger charge is -2.37. The predicted octanol–water partition coefficient (Wildman–Crippen LogP) is 3.39. The van der Waals surface area contributed by atoms with E-state index >= 15 is 0 Å². The van der Waals surface area contributed by atoms with Gasteiger partial charge in [-0.3, -0.25) is 4.79 Å². The molecule has 2 aromatic rings. The Hall–Kier alpha value is -2.58. The number of sulfonamides is 1. The second-order valence-corrected chi connectivity index (χ2v) is 10.3. The number of aryl methyl sites for hydroxylation is 1. The van der Waals surface area contributed by atoms with Crippen molar-refractivity contribution in [1.29, 1.82) is 0 Å². The molecule has 7 nitrogen and oxygen atoms in total. The molecule has 2 aliphatic heterocycles. The molecule has 4 rings (SSSR count). The Kier molecular flexibility index (Phi) is 6.44. The highest BCUT2D eigenvalue weighted by atomic mass is 32.2. The average Bonchev–Trinajstić information content (AvgIpc) is 2.84. The molecule has 2 heterocycles. The normalized spacial score (nSPS) is 17.7. The molecule has 0 saturated carbocycles. The van der Waals surface area contributed by atoms with Crippen molar-refractivity contribution < 1.29 is 22.7 Å². The van der Waals surface area contributed by atoms with Gasteiger partial charge in [-0.2, -0.15) is 4.31 Å². The molecular weight excluding hydrogens is 428 g/mol. The van der Waals surface area contributed by atoms with Gasteiger partial charge in [0.1, 0.15) is 11.5 Å². The van der Waals surface area contributed by atoms with E-state index in [1.165, 1.54) is 15.4 Å². The van der Waals surface area contributed by atoms with Crippen LogP contribution >= 0.6 is 0 Å². The fourth-order valence-corrected chi connectivity index (χ4v) is 6.17. The summed E-state index contributed by atoms with van der Waals surface area (Å²) in [4.78, 5) is 15.6. The van der Waals surface area contributed by atoms with Crippen LogP contribution in [0.5, 0.6) is 11.5 Å². The number of ether oxygens (including phenoxy) is 2. The van der Waals surface area contributed by atoms with Crippen LogP contribution in [0.25, 0.3) is 0 Å². The molecule has 32 heavy (non-hydrogen) atoms. The lowest BCUT2D eigenvalue weighted by Crippen LogP contribution is -2.46. The third kappa shape index (κ3) is 4.09. The van der Waals surface area contributed by atoms with E-state index in [4.69, 9.17) is 9.47 Å². The summed E-state index contributed by atoms with van der Waals surface area (Å²) in [7, 11) is -0.419. The van der Waals surface area contributed by atoms with Crippen molar-refractivity contribution in [2.75, 3.05) is 38.8 Å². The summed E-state index contributed by atoms with van der Waals surface area (Å²) in [5, 5.41) is 0. The zero-order valence-electron chi connectivity index (χ0n) is 18.8. The molecule has 1 saturated heterocycles. The van der Waals surface area contributed by atoms with Gasteiger partial charge in [0.2, 0.25) is 15.9 Å². The number of hydrogen-bond acceptors (Lipinski definition) is 5. The van der Waals surface area contributed by atoms with Crippen LogP contribution in [0.15, 0.2) is 41.3 Å². The average molecular weight is 459 g/mol. The van der Waals surface area contributed by atoms with Crippen molar-refractivity contribution in [3.05, 3.63) is 47.5 Å². The minimum atomic E-state index is -3.59. The Morgan fingerprint density at radius 1 is 0.969 bits per heavy atom. The SMILES string of the molecule is COc1ccc(S(=O)(=O)N2CCC(C(=O)N3CCCc4c(C)ccc(OC)c43)CC2)cc1. The van der Waals surface area contributed by atoms with Gasteiger partial charge in [0.15, 0.2) is 0 Å². The van der Waals surface area contributed by atoms with Crippen molar-refractivity contribution in [3.8, 4) is 11.5 Å². The molecule has 1 amide bonds. The molecule has 0 aliphatic carbocycles. The minimum Gasteiger partial charge on any atom is -0.497 e. The maximum Gasteiger partial charge on any atom is 0.243 e. The standard InChI is InChI=1S/C24H30N2O5S/c1-17-6-11-22(31-3)23-21(17)5-4-14-26(23)24(27)18-12-15-25(16-13-18)32(28,29)20-9-7-19(30-2)8-10-20/h6-11,18H,4-5,12-16H2,1-3H3. The largest absolute Gasteiger partial charge is 0.497 e. The summed E-state index contributed by atoms with van der Waals surface area (Å²) in [5.74, 6) is 1.20. The number of carbonyl (C=O) groups excluding carboxylic acids is 1. The van der Waals surface area contributed by atoms with E-state index in [2.05, 4.69) is 6.92 Å². The first-order valence-electron chi connectivity index (χ1n) is 11.0. The minimum absolute atomic E-state index is 0.0661. The van der Waals surface area contributed by atoms with Crippen LogP contribution < -0.4 is 14.4 Å². The van der Waals surface area contributed by atoms with Crippen LogP contribution in [0, 0.1) is 12.8 Å². The first kappa shape index (κ1) is 22.6. The fraction of sp³-hybridized carbons (Fsp3) is 0.458. The van der Waals surface area contributed by atoms with Gasteiger partial charge in [0, 0.05) is 25.6 Å². The summed E-state index contributed by atoms with van der Waals surface area (Å²) in [5.41, 5.74) is 3.22. The monoisotopic (exact) mass is 458 g/mol. The van der Waals surface area contributed by atoms with Crippen molar-refractivity contribution >= 4 is 21.6 Å². The molecular formula is C24H30N2O5S. The van der Waals surface area contributed by atoms with Gasteiger partial charge in [0.05, 0.1) is 24.8 Å². The van der Waals surface area contributed by atoms with Crippen LogP contribution in [0.1, 0.15) is 30.4 Å². The molecule has 0 radical (unpaired) electrons. The van der Waals surface area contributed by atoms with Crippen LogP contribution in [-0.4, -0.2) is 52.5 Å². The van der Waals surface area contributed by atoms with Gasteiger partial charge in [-0.15, -0.1) is 0 Å². The zero-order valence-corrected chi connectivity index (χ0v) is 19.7. The number of amides is 1. The summed E-state index contributed by atoms with van der Waals surface area (Å²) in [6.45, 7) is 3.39. The molecule has 0 unspecified atom stereocenters. The van der Waals surface area contributed by atoms with Gasteiger partial charge < -0.3 is 14.4 Å². The van der Waals surface area contributed by atoms with E-state index in [9.17, 15) is 13.2 Å². The third-order valence-corrected chi connectivity index (χ3v) is 8.46. The first-order valence-corrected chi connectivity index (χ1v) is 12.4. The number of anilines is 1. The molecule has 2 aliphatic rings. The highest BCUT2D eigenvalue weighted by Gasteiger charge is 2.36. The molecule has 172 valence electrons. The fourth-order valence-electron chi connectivity index (χ4n) is 4.70. The summed E-state index contributed by atoms with van der Waals surface area (Å²) >= 11 is 0. The Morgan fingerprint density at radius 3 is 2.28 bits per heavy atom. The van der Waals surface area contributed by atoms with Crippen molar-refractivity contribution in [1.82, 2.24) is 4.31 Å². The van der Waals surface area contributed by atoms with Gasteiger partial charge in [0.25, 0.3) is 0 Å². The molecule has 0 aromatic heterocycles. The van der Waals surface area contributed by atoms with Gasteiger partial charge >= 0.3 is 0 Å². The highest BCUT2D eigenvalue weighted by Crippen LogP contribution is 2.39. The van der Waals surface area contributed by atoms with E-state index in [1.54, 1.807) is 38.5 Å². The number of fused-ring (bicyclic) bond motifs is 1. The van der Waals surface area contributed by atoms with E-state index in [-0.39, 0.29) is 16.7 Å². The van der Waals surface area contributed by atoms with Crippen LogP contribution in [0.2, 0.25) is 0 Å². The maximum atomic E-state index is 13.5. The second-order valence-electron chi connectivity index (χ2n) is 8.36. The van der Waals surface area contributed by atoms with E-state index in [0.29, 0.717) is 38.2 Å². The number of nitrogens with zero attached hydrogens (tertiary/aromatic N) is 2. The van der Waals surface area contributed by atoms with Crippen molar-refractivity contribution in [3.63, 3.8) is 0 Å². The number of hydrogen-bond donors (Lipinski definition) is 0. The first-order chi connectivity index (χ1) is 15.4. The smallest absolute Gasteiger partial charge is 0.243 e. The Labute approximate surface area is 190 Å². The Balaban J connectivity index is 1.49. The molecule has 0 spiro atoms. The van der Waals surface area contributed by atoms with Crippen LogP contribution in [-0.2, 0) is 21.2 Å². The molecule has 0 atom stereocenters. The number of piperidine rings is 1. The molecule has 0 N–H and O–H groups in total. The van der Waals surface area contributed by atoms with Crippen molar-refractivity contribution in [2.24, 2.45) is 5.92 Å². The number of rotatable bonds is 5. The second kappa shape index (κ2) is 9.11. The number of carbonyl (C=O) groups is 1. The topological polar surface area (TPSA) is 76.2 Å².